The topological polar surface area (TPSA) is 77.8 Å². The van der Waals surface area contributed by atoms with Crippen LogP contribution in [-0.2, 0) is 0 Å². The summed E-state index contributed by atoms with van der Waals surface area (Å²) in [6.07, 6.45) is 3.07. The summed E-state index contributed by atoms with van der Waals surface area (Å²) in [7, 11) is 0. The number of rotatable bonds is 2. The first-order chi connectivity index (χ1) is 9.65. The van der Waals surface area contributed by atoms with Crippen molar-refractivity contribution in [2.45, 2.75) is 0 Å². The summed E-state index contributed by atoms with van der Waals surface area (Å²) in [4.78, 5) is 8.12. The lowest BCUT2D eigenvalue weighted by Crippen LogP contribution is -1.91. The lowest BCUT2D eigenvalue weighted by molar-refractivity contribution is 0.432. The van der Waals surface area contributed by atoms with Gasteiger partial charge in [-0.25, -0.2) is 4.39 Å². The van der Waals surface area contributed by atoms with Crippen molar-refractivity contribution in [1.29, 1.82) is 0 Å². The number of aromatic nitrogens is 3. The van der Waals surface area contributed by atoms with Crippen LogP contribution in [0.2, 0.25) is 0 Å². The van der Waals surface area contributed by atoms with E-state index in [-0.39, 0.29) is 17.5 Å². The summed E-state index contributed by atoms with van der Waals surface area (Å²) in [5.41, 5.74) is 7.32. The zero-order valence-corrected chi connectivity index (χ0v) is 11.6. The minimum absolute atomic E-state index is 0.260. The average molecular weight is 335 g/mol. The van der Waals surface area contributed by atoms with Gasteiger partial charge >= 0.3 is 0 Å². The average Bonchev–Trinajstić information content (AvgIpc) is 2.91. The van der Waals surface area contributed by atoms with Crippen LogP contribution in [-0.4, -0.2) is 15.1 Å². The summed E-state index contributed by atoms with van der Waals surface area (Å²) < 4.78 is 19.1. The van der Waals surface area contributed by atoms with E-state index in [0.29, 0.717) is 21.3 Å². The quantitative estimate of drug-likeness (QED) is 0.778. The fraction of sp³-hybridized carbons (Fsp3) is 0. The minimum Gasteiger partial charge on any atom is -0.397 e. The van der Waals surface area contributed by atoms with Crippen molar-refractivity contribution < 1.29 is 8.91 Å². The molecule has 100 valence electrons. The van der Waals surface area contributed by atoms with Crippen molar-refractivity contribution in [3.05, 3.63) is 46.9 Å². The molecular formula is C13H8BrFN4O. The highest BCUT2D eigenvalue weighted by Crippen LogP contribution is 2.30. The van der Waals surface area contributed by atoms with Crippen LogP contribution in [0, 0.1) is 5.82 Å². The molecule has 7 heteroatoms. The van der Waals surface area contributed by atoms with E-state index in [1.165, 1.54) is 18.3 Å². The van der Waals surface area contributed by atoms with Gasteiger partial charge in [0.15, 0.2) is 0 Å². The van der Waals surface area contributed by atoms with E-state index in [9.17, 15) is 4.39 Å². The van der Waals surface area contributed by atoms with Crippen molar-refractivity contribution >= 4 is 21.6 Å². The molecule has 0 saturated heterocycles. The van der Waals surface area contributed by atoms with Crippen LogP contribution < -0.4 is 5.73 Å². The van der Waals surface area contributed by atoms with Gasteiger partial charge in [0.25, 0.3) is 5.89 Å². The Morgan fingerprint density at radius 3 is 2.85 bits per heavy atom. The molecule has 1 aromatic carbocycles. The van der Waals surface area contributed by atoms with E-state index in [4.69, 9.17) is 10.3 Å². The largest absolute Gasteiger partial charge is 0.397 e. The zero-order valence-electron chi connectivity index (χ0n) is 10.0. The maximum atomic E-state index is 13.3. The third-order valence-electron chi connectivity index (χ3n) is 2.68. The van der Waals surface area contributed by atoms with Crippen LogP contribution in [0.4, 0.5) is 10.1 Å². The first-order valence-corrected chi connectivity index (χ1v) is 6.43. The first kappa shape index (κ1) is 12.7. The Kier molecular flexibility index (Phi) is 3.19. The molecule has 0 saturated carbocycles. The van der Waals surface area contributed by atoms with Crippen molar-refractivity contribution in [3.8, 4) is 22.8 Å². The highest BCUT2D eigenvalue weighted by Gasteiger charge is 2.15. The van der Waals surface area contributed by atoms with E-state index in [0.717, 1.165) is 0 Å². The molecule has 5 nitrogen and oxygen atoms in total. The van der Waals surface area contributed by atoms with Gasteiger partial charge in [-0.1, -0.05) is 21.1 Å². The number of benzene rings is 1. The molecule has 0 aliphatic rings. The molecule has 0 fully saturated rings. The number of nitrogens with zero attached hydrogens (tertiary/aromatic N) is 3. The minimum atomic E-state index is -0.377. The molecule has 0 atom stereocenters. The molecule has 0 amide bonds. The van der Waals surface area contributed by atoms with Crippen LogP contribution in [0.5, 0.6) is 0 Å². The molecule has 3 aromatic rings. The second kappa shape index (κ2) is 5.01. The van der Waals surface area contributed by atoms with Crippen molar-refractivity contribution in [2.24, 2.45) is 0 Å². The van der Waals surface area contributed by atoms with E-state index in [1.807, 2.05) is 0 Å². The zero-order chi connectivity index (χ0) is 14.1. The number of halogens is 2. The monoisotopic (exact) mass is 334 g/mol. The molecule has 0 aliphatic carbocycles. The fourth-order valence-corrected chi connectivity index (χ4v) is 2.14. The molecule has 0 radical (unpaired) electrons. The lowest BCUT2D eigenvalue weighted by Gasteiger charge is -1.99. The number of anilines is 1. The number of nitrogen functional groups attached to an aromatic ring is 1. The highest BCUT2D eigenvalue weighted by molar-refractivity contribution is 9.10. The summed E-state index contributed by atoms with van der Waals surface area (Å²) in [6.45, 7) is 0. The molecule has 0 spiro atoms. The predicted octanol–water partition coefficient (Wildman–Crippen LogP) is 3.28. The van der Waals surface area contributed by atoms with E-state index in [2.05, 4.69) is 31.1 Å². The lowest BCUT2D eigenvalue weighted by atomic mass is 10.2. The normalized spacial score (nSPS) is 10.7. The maximum absolute atomic E-state index is 13.3. The van der Waals surface area contributed by atoms with Crippen LogP contribution in [0.25, 0.3) is 22.8 Å². The standard InChI is InChI=1S/C13H8BrFN4O/c14-10-2-1-7(15)5-9(10)12-18-13(20-19-12)8-3-4-17-6-11(8)16/h1-6H,16H2. The second-order valence-corrected chi connectivity index (χ2v) is 4.86. The third-order valence-corrected chi connectivity index (χ3v) is 3.37. The predicted molar refractivity (Wildman–Crippen MR) is 75.0 cm³/mol. The van der Waals surface area contributed by atoms with Crippen LogP contribution in [0.15, 0.2) is 45.7 Å². The summed E-state index contributed by atoms with van der Waals surface area (Å²) in [6, 6.07) is 5.93. The maximum Gasteiger partial charge on any atom is 0.260 e. The van der Waals surface area contributed by atoms with E-state index in [1.54, 1.807) is 18.3 Å². The van der Waals surface area contributed by atoms with Crippen molar-refractivity contribution in [3.63, 3.8) is 0 Å². The number of hydrogen-bond donors (Lipinski definition) is 1. The van der Waals surface area contributed by atoms with Gasteiger partial charge in [0, 0.05) is 16.2 Å². The first-order valence-electron chi connectivity index (χ1n) is 5.64. The summed E-state index contributed by atoms with van der Waals surface area (Å²) >= 11 is 3.32. The van der Waals surface area contributed by atoms with Gasteiger partial charge < -0.3 is 10.3 Å². The van der Waals surface area contributed by atoms with Gasteiger partial charge in [0.1, 0.15) is 5.82 Å². The summed E-state index contributed by atoms with van der Waals surface area (Å²) in [5, 5.41) is 3.85. The Bertz CT molecular complexity index is 775. The number of hydrogen-bond acceptors (Lipinski definition) is 5. The molecule has 3 rings (SSSR count). The molecule has 2 heterocycles. The Morgan fingerprint density at radius 2 is 2.05 bits per heavy atom. The molecule has 2 aromatic heterocycles. The van der Waals surface area contributed by atoms with Gasteiger partial charge in [-0.3, -0.25) is 4.98 Å². The smallest absolute Gasteiger partial charge is 0.260 e. The van der Waals surface area contributed by atoms with Gasteiger partial charge in [-0.2, -0.15) is 4.98 Å². The van der Waals surface area contributed by atoms with Gasteiger partial charge in [-0.15, -0.1) is 0 Å². The Hall–Kier alpha value is -2.28. The van der Waals surface area contributed by atoms with Crippen LogP contribution >= 0.6 is 15.9 Å². The summed E-state index contributed by atoms with van der Waals surface area (Å²) in [5.74, 6) is 0.164. The fourth-order valence-electron chi connectivity index (χ4n) is 1.71. The van der Waals surface area contributed by atoms with Crippen LogP contribution in [0.3, 0.4) is 0 Å². The van der Waals surface area contributed by atoms with E-state index < -0.39 is 0 Å². The molecule has 2 N–H and O–H groups in total. The van der Waals surface area contributed by atoms with E-state index >= 15 is 0 Å². The second-order valence-electron chi connectivity index (χ2n) is 4.01. The number of nitrogens with two attached hydrogens (primary N) is 1. The van der Waals surface area contributed by atoms with Gasteiger partial charge in [-0.05, 0) is 24.3 Å². The highest BCUT2D eigenvalue weighted by atomic mass is 79.9. The van der Waals surface area contributed by atoms with Crippen molar-refractivity contribution in [2.75, 3.05) is 5.73 Å². The molecule has 0 bridgehead atoms. The Morgan fingerprint density at radius 1 is 1.20 bits per heavy atom. The number of pyridine rings is 1. The molecular weight excluding hydrogens is 327 g/mol. The van der Waals surface area contributed by atoms with Gasteiger partial charge in [0.2, 0.25) is 5.82 Å². The third kappa shape index (κ3) is 2.27. The molecule has 20 heavy (non-hydrogen) atoms. The van der Waals surface area contributed by atoms with Crippen molar-refractivity contribution in [1.82, 2.24) is 15.1 Å². The Labute approximate surface area is 121 Å². The van der Waals surface area contributed by atoms with Gasteiger partial charge in [0.05, 0.1) is 17.4 Å². The Balaban J connectivity index is 2.07. The molecule has 0 aliphatic heterocycles. The molecule has 0 unspecified atom stereocenters. The van der Waals surface area contributed by atoms with Crippen LogP contribution in [0.1, 0.15) is 0 Å². The SMILES string of the molecule is Nc1cnccc1-c1nc(-c2cc(F)ccc2Br)no1.